The van der Waals surface area contributed by atoms with E-state index >= 15 is 4.39 Å². The van der Waals surface area contributed by atoms with E-state index in [4.69, 9.17) is 11.6 Å². The summed E-state index contributed by atoms with van der Waals surface area (Å²) in [5.41, 5.74) is -0.577. The summed E-state index contributed by atoms with van der Waals surface area (Å²) >= 11 is 6.39. The molecule has 1 aromatic heterocycles. The van der Waals surface area contributed by atoms with Gasteiger partial charge in [-0.05, 0) is 24.6 Å². The molecule has 1 fully saturated rings. The second kappa shape index (κ2) is 8.26. The molecule has 9 heteroatoms. The minimum atomic E-state index is -0.832. The van der Waals surface area contributed by atoms with Gasteiger partial charge in [-0.15, -0.1) is 0 Å². The molecule has 0 aliphatic carbocycles. The lowest BCUT2D eigenvalue weighted by Crippen LogP contribution is -2.54. The van der Waals surface area contributed by atoms with Gasteiger partial charge < -0.3 is 14.9 Å². The highest BCUT2D eigenvalue weighted by atomic mass is 35.5. The van der Waals surface area contributed by atoms with Gasteiger partial charge in [-0.1, -0.05) is 24.6 Å². The topological polar surface area (TPSA) is 69.6 Å². The van der Waals surface area contributed by atoms with Gasteiger partial charge in [0.2, 0.25) is 5.91 Å². The summed E-state index contributed by atoms with van der Waals surface area (Å²) in [6.07, 6.45) is 2.01. The Morgan fingerprint density at radius 3 is 2.71 bits per heavy atom. The van der Waals surface area contributed by atoms with Crippen molar-refractivity contribution in [2.45, 2.75) is 26.3 Å². The van der Waals surface area contributed by atoms with E-state index in [1.54, 1.807) is 4.90 Å². The molecule has 2 aromatic carbocycles. The lowest BCUT2D eigenvalue weighted by molar-refractivity contribution is -0.129. The number of benzene rings is 2. The van der Waals surface area contributed by atoms with E-state index in [1.807, 2.05) is 11.8 Å². The normalized spacial score (nSPS) is 16.7. The number of fused-ring (bicyclic) bond motifs is 1. The van der Waals surface area contributed by atoms with E-state index in [0.29, 0.717) is 30.8 Å². The fourth-order valence-corrected chi connectivity index (χ4v) is 4.39. The van der Waals surface area contributed by atoms with Crippen LogP contribution in [0.15, 0.2) is 30.6 Å². The minimum Gasteiger partial charge on any atom is -0.507 e. The first-order chi connectivity index (χ1) is 14.8. The zero-order valence-electron chi connectivity index (χ0n) is 17.1. The molecule has 1 saturated heterocycles. The maximum absolute atomic E-state index is 15.5. The molecule has 6 nitrogen and oxygen atoms in total. The number of amides is 1. The summed E-state index contributed by atoms with van der Waals surface area (Å²) in [6, 6.07) is 5.21. The Balaban J connectivity index is 1.86. The highest BCUT2D eigenvalue weighted by Gasteiger charge is 2.30. The van der Waals surface area contributed by atoms with Crippen LogP contribution in [0.5, 0.6) is 5.75 Å². The van der Waals surface area contributed by atoms with Crippen LogP contribution in [0.1, 0.15) is 20.3 Å². The van der Waals surface area contributed by atoms with Gasteiger partial charge in [-0.2, -0.15) is 0 Å². The molecule has 4 rings (SSSR count). The number of phenols is 1. The van der Waals surface area contributed by atoms with Gasteiger partial charge in [0.25, 0.3) is 0 Å². The number of anilines is 1. The molecule has 31 heavy (non-hydrogen) atoms. The van der Waals surface area contributed by atoms with Gasteiger partial charge in [0.05, 0.1) is 10.6 Å². The third kappa shape index (κ3) is 3.65. The number of rotatable bonds is 3. The zero-order chi connectivity index (χ0) is 22.3. The van der Waals surface area contributed by atoms with Gasteiger partial charge in [0, 0.05) is 43.5 Å². The number of aromatic hydroxyl groups is 1. The molecule has 0 saturated carbocycles. The van der Waals surface area contributed by atoms with Crippen LogP contribution in [0.4, 0.5) is 14.6 Å². The smallest absolute Gasteiger partial charge is 0.219 e. The van der Waals surface area contributed by atoms with Gasteiger partial charge in [0.1, 0.15) is 29.2 Å². The van der Waals surface area contributed by atoms with Crippen molar-refractivity contribution in [2.24, 2.45) is 0 Å². The van der Waals surface area contributed by atoms with Gasteiger partial charge >= 0.3 is 0 Å². The third-order valence-corrected chi connectivity index (χ3v) is 6.01. The van der Waals surface area contributed by atoms with Crippen molar-refractivity contribution in [3.05, 3.63) is 47.2 Å². The van der Waals surface area contributed by atoms with Gasteiger partial charge in [-0.3, -0.25) is 4.79 Å². The van der Waals surface area contributed by atoms with Crippen molar-refractivity contribution in [3.8, 4) is 16.9 Å². The molecule has 0 unspecified atom stereocenters. The van der Waals surface area contributed by atoms with E-state index in [0.717, 1.165) is 12.5 Å². The van der Waals surface area contributed by atoms with Crippen LogP contribution in [-0.4, -0.2) is 51.6 Å². The summed E-state index contributed by atoms with van der Waals surface area (Å²) in [4.78, 5) is 24.1. The Morgan fingerprint density at radius 2 is 2.03 bits per heavy atom. The molecule has 3 aromatic rings. The predicted octanol–water partition coefficient (Wildman–Crippen LogP) is 4.38. The highest BCUT2D eigenvalue weighted by molar-refractivity contribution is 6.34. The molecule has 0 spiro atoms. The molecule has 162 valence electrons. The van der Waals surface area contributed by atoms with E-state index in [1.165, 1.54) is 31.5 Å². The van der Waals surface area contributed by atoms with Crippen LogP contribution in [0.3, 0.4) is 0 Å². The molecule has 2 heterocycles. The number of carbonyl (C=O) groups is 1. The van der Waals surface area contributed by atoms with Crippen LogP contribution in [0.25, 0.3) is 22.0 Å². The van der Waals surface area contributed by atoms with Crippen molar-refractivity contribution < 1.29 is 18.7 Å². The summed E-state index contributed by atoms with van der Waals surface area (Å²) in [5.74, 6) is -1.53. The predicted molar refractivity (Wildman–Crippen MR) is 115 cm³/mol. The molecular formula is C22H21ClF2N4O2. The average molecular weight is 447 g/mol. The third-order valence-electron chi connectivity index (χ3n) is 5.71. The van der Waals surface area contributed by atoms with E-state index in [-0.39, 0.29) is 33.6 Å². The second-order valence-electron chi connectivity index (χ2n) is 7.50. The fraction of sp³-hybridized carbons (Fsp3) is 0.318. The van der Waals surface area contributed by atoms with Crippen LogP contribution in [-0.2, 0) is 4.79 Å². The molecule has 1 aliphatic rings. The van der Waals surface area contributed by atoms with E-state index < -0.39 is 17.4 Å². The van der Waals surface area contributed by atoms with Crippen molar-refractivity contribution in [2.75, 3.05) is 24.5 Å². The minimum absolute atomic E-state index is 0.00660. The first-order valence-electron chi connectivity index (χ1n) is 9.96. The molecule has 1 N–H and O–H groups in total. The highest BCUT2D eigenvalue weighted by Crippen LogP contribution is 2.42. The Kier molecular flexibility index (Phi) is 5.66. The monoisotopic (exact) mass is 446 g/mol. The Hall–Kier alpha value is -3.00. The van der Waals surface area contributed by atoms with Gasteiger partial charge in [0.15, 0.2) is 5.82 Å². The number of nitrogens with zero attached hydrogens (tertiary/aromatic N) is 4. The van der Waals surface area contributed by atoms with Crippen LogP contribution in [0, 0.1) is 11.6 Å². The summed E-state index contributed by atoms with van der Waals surface area (Å²) in [6.45, 7) is 5.14. The molecule has 0 bridgehead atoms. The Morgan fingerprint density at radius 1 is 1.26 bits per heavy atom. The molecule has 1 amide bonds. The first-order valence-corrected chi connectivity index (χ1v) is 10.3. The van der Waals surface area contributed by atoms with Crippen LogP contribution in [0.2, 0.25) is 5.02 Å². The molecular weight excluding hydrogens is 426 g/mol. The van der Waals surface area contributed by atoms with Crippen LogP contribution < -0.4 is 4.90 Å². The maximum atomic E-state index is 15.5. The largest absolute Gasteiger partial charge is 0.507 e. The number of phenolic OH excluding ortho intramolecular Hbond substituents is 1. The van der Waals surface area contributed by atoms with Crippen molar-refractivity contribution in [3.63, 3.8) is 0 Å². The number of hydrogen-bond acceptors (Lipinski definition) is 5. The first kappa shape index (κ1) is 21.2. The van der Waals surface area contributed by atoms with Crippen molar-refractivity contribution >= 4 is 34.2 Å². The summed E-state index contributed by atoms with van der Waals surface area (Å²) in [5, 5.41) is 10.5. The quantitative estimate of drug-likeness (QED) is 0.646. The van der Waals surface area contributed by atoms with E-state index in [2.05, 4.69) is 9.97 Å². The second-order valence-corrected chi connectivity index (χ2v) is 7.90. The SMILES string of the molecule is CC[C@H]1CN(C(C)=O)CCN1c1ncnc2c(F)c(-c3c(O)cccc3F)c(Cl)cc12. The standard InChI is InChI=1S/C22H21ClF2N4O2/c1-3-13-10-28(12(2)30)7-8-29(13)22-14-9-15(23)18(20(25)21(14)26-11-27-22)19-16(24)5-4-6-17(19)31/h4-6,9,11,13,31H,3,7-8,10H2,1-2H3/t13-/m0/s1. The number of aromatic nitrogens is 2. The van der Waals surface area contributed by atoms with Crippen molar-refractivity contribution in [1.82, 2.24) is 14.9 Å². The summed E-state index contributed by atoms with van der Waals surface area (Å²) < 4.78 is 30.0. The summed E-state index contributed by atoms with van der Waals surface area (Å²) in [7, 11) is 0. The zero-order valence-corrected chi connectivity index (χ0v) is 17.8. The molecule has 1 atom stereocenters. The number of carbonyl (C=O) groups excluding carboxylic acids is 1. The lowest BCUT2D eigenvalue weighted by atomic mass is 10.0. The van der Waals surface area contributed by atoms with Crippen molar-refractivity contribution in [1.29, 1.82) is 0 Å². The lowest BCUT2D eigenvalue weighted by Gasteiger charge is -2.41. The maximum Gasteiger partial charge on any atom is 0.219 e. The van der Waals surface area contributed by atoms with Crippen LogP contribution >= 0.6 is 11.6 Å². The fourth-order valence-electron chi connectivity index (χ4n) is 4.10. The number of halogens is 3. The van der Waals surface area contributed by atoms with E-state index in [9.17, 15) is 14.3 Å². The number of piperazine rings is 1. The Labute approximate surface area is 183 Å². The number of hydrogen-bond donors (Lipinski definition) is 1. The molecule has 1 aliphatic heterocycles. The molecule has 0 radical (unpaired) electrons. The average Bonchev–Trinajstić information content (AvgIpc) is 2.75. The Bertz CT molecular complexity index is 1150. The van der Waals surface area contributed by atoms with Gasteiger partial charge in [-0.25, -0.2) is 18.7 Å².